The smallest absolute Gasteiger partial charge is 0.254 e. The molecule has 1 aliphatic carbocycles. The van der Waals surface area contributed by atoms with Crippen LogP contribution in [0.1, 0.15) is 43.0 Å². The van der Waals surface area contributed by atoms with E-state index in [0.717, 1.165) is 37.8 Å². The van der Waals surface area contributed by atoms with Crippen molar-refractivity contribution in [3.05, 3.63) is 29.3 Å². The summed E-state index contributed by atoms with van der Waals surface area (Å²) in [6, 6.07) is 2.35. The molecule has 0 aliphatic heterocycles. The van der Waals surface area contributed by atoms with Gasteiger partial charge >= 0.3 is 0 Å². The van der Waals surface area contributed by atoms with Gasteiger partial charge in [0.2, 0.25) is 0 Å². The van der Waals surface area contributed by atoms with Gasteiger partial charge in [0, 0.05) is 25.7 Å². The van der Waals surface area contributed by atoms with E-state index in [1.54, 1.807) is 11.9 Å². The molecule has 116 valence electrons. The highest BCUT2D eigenvalue weighted by atomic mass is 19.1. The third-order valence-electron chi connectivity index (χ3n) is 4.39. The zero-order valence-electron chi connectivity index (χ0n) is 12.7. The molecular formula is C16H22F2N2O. The van der Waals surface area contributed by atoms with E-state index in [1.165, 1.54) is 7.05 Å². The number of anilines is 1. The first-order chi connectivity index (χ1) is 9.93. The number of hydrogen-bond donors (Lipinski definition) is 1. The molecule has 1 fully saturated rings. The first-order valence-electron chi connectivity index (χ1n) is 7.38. The van der Waals surface area contributed by atoms with Crippen LogP contribution in [-0.2, 0) is 0 Å². The molecule has 0 radical (unpaired) electrons. The molecule has 0 spiro atoms. The van der Waals surface area contributed by atoms with Crippen molar-refractivity contribution in [2.75, 3.05) is 19.4 Å². The molecule has 0 heterocycles. The Balaban J connectivity index is 2.16. The minimum absolute atomic E-state index is 0.0603. The van der Waals surface area contributed by atoms with Gasteiger partial charge in [-0.2, -0.15) is 0 Å². The van der Waals surface area contributed by atoms with Gasteiger partial charge in [-0.15, -0.1) is 0 Å². The Kier molecular flexibility index (Phi) is 4.80. The normalized spacial score (nSPS) is 22.0. The highest BCUT2D eigenvalue weighted by molar-refractivity contribution is 5.94. The number of amides is 1. The van der Waals surface area contributed by atoms with Gasteiger partial charge in [-0.3, -0.25) is 4.79 Å². The summed E-state index contributed by atoms with van der Waals surface area (Å²) >= 11 is 0. The largest absolute Gasteiger partial charge is 0.383 e. The Bertz CT molecular complexity index is 502. The van der Waals surface area contributed by atoms with Gasteiger partial charge < -0.3 is 10.2 Å². The molecule has 1 aromatic carbocycles. The number of halogens is 2. The van der Waals surface area contributed by atoms with E-state index in [0.29, 0.717) is 5.92 Å². The van der Waals surface area contributed by atoms with Crippen molar-refractivity contribution in [3.8, 4) is 0 Å². The first kappa shape index (κ1) is 15.7. The van der Waals surface area contributed by atoms with E-state index >= 15 is 0 Å². The molecule has 0 unspecified atom stereocenters. The van der Waals surface area contributed by atoms with Crippen LogP contribution in [0.15, 0.2) is 12.1 Å². The van der Waals surface area contributed by atoms with E-state index < -0.39 is 11.6 Å². The molecule has 0 bridgehead atoms. The van der Waals surface area contributed by atoms with E-state index in [-0.39, 0.29) is 23.2 Å². The summed E-state index contributed by atoms with van der Waals surface area (Å²) in [7, 11) is 3.16. The van der Waals surface area contributed by atoms with Gasteiger partial charge in [-0.1, -0.05) is 6.92 Å². The average Bonchev–Trinajstić information content (AvgIpc) is 2.46. The van der Waals surface area contributed by atoms with E-state index in [1.807, 2.05) is 0 Å². The Hall–Kier alpha value is -1.65. The number of benzene rings is 1. The second kappa shape index (κ2) is 6.41. The third kappa shape index (κ3) is 3.34. The van der Waals surface area contributed by atoms with Crippen LogP contribution in [0, 0.1) is 17.6 Å². The standard InChI is InChI=1S/C16H22F2N2O/c1-10-4-6-12(7-5-10)20(3)16(21)11-8-13(17)15(19-2)14(18)9-11/h8-10,12,19H,4-7H2,1-3H3. The molecule has 1 aromatic rings. The van der Waals surface area contributed by atoms with Gasteiger partial charge in [0.25, 0.3) is 5.91 Å². The van der Waals surface area contributed by atoms with Crippen LogP contribution in [0.25, 0.3) is 0 Å². The van der Waals surface area contributed by atoms with Gasteiger partial charge in [0.05, 0.1) is 0 Å². The quantitative estimate of drug-likeness (QED) is 0.923. The Morgan fingerprint density at radius 2 is 1.71 bits per heavy atom. The topological polar surface area (TPSA) is 32.3 Å². The van der Waals surface area contributed by atoms with Gasteiger partial charge in [-0.25, -0.2) is 8.78 Å². The van der Waals surface area contributed by atoms with E-state index in [2.05, 4.69) is 12.2 Å². The van der Waals surface area contributed by atoms with Crippen molar-refractivity contribution < 1.29 is 13.6 Å². The molecule has 0 aromatic heterocycles. The molecule has 1 N–H and O–H groups in total. The zero-order valence-corrected chi connectivity index (χ0v) is 12.7. The number of hydrogen-bond acceptors (Lipinski definition) is 2. The summed E-state index contributed by atoms with van der Waals surface area (Å²) in [5, 5.41) is 2.45. The fourth-order valence-corrected chi connectivity index (χ4v) is 2.93. The molecule has 5 heteroatoms. The van der Waals surface area contributed by atoms with Crippen molar-refractivity contribution in [2.24, 2.45) is 5.92 Å². The maximum atomic E-state index is 13.8. The molecule has 1 amide bonds. The van der Waals surface area contributed by atoms with Crippen LogP contribution >= 0.6 is 0 Å². The van der Waals surface area contributed by atoms with Crippen LogP contribution in [0.5, 0.6) is 0 Å². The van der Waals surface area contributed by atoms with Gasteiger partial charge in [-0.05, 0) is 43.7 Å². The van der Waals surface area contributed by atoms with Crippen LogP contribution in [-0.4, -0.2) is 30.9 Å². The predicted molar refractivity (Wildman–Crippen MR) is 79.4 cm³/mol. The van der Waals surface area contributed by atoms with Crippen LogP contribution in [0.4, 0.5) is 14.5 Å². The minimum atomic E-state index is -0.744. The zero-order chi connectivity index (χ0) is 15.6. The van der Waals surface area contributed by atoms with Crippen molar-refractivity contribution >= 4 is 11.6 Å². The molecule has 21 heavy (non-hydrogen) atoms. The highest BCUT2D eigenvalue weighted by Gasteiger charge is 2.26. The number of nitrogens with zero attached hydrogens (tertiary/aromatic N) is 1. The lowest BCUT2D eigenvalue weighted by molar-refractivity contribution is 0.0678. The summed E-state index contributed by atoms with van der Waals surface area (Å²) in [4.78, 5) is 14.0. The van der Waals surface area contributed by atoms with E-state index in [4.69, 9.17) is 0 Å². The highest BCUT2D eigenvalue weighted by Crippen LogP contribution is 2.28. The van der Waals surface area contributed by atoms with E-state index in [9.17, 15) is 13.6 Å². The molecule has 3 nitrogen and oxygen atoms in total. The summed E-state index contributed by atoms with van der Waals surface area (Å²) < 4.78 is 27.5. The molecule has 1 aliphatic rings. The second-order valence-electron chi connectivity index (χ2n) is 5.89. The fourth-order valence-electron chi connectivity index (χ4n) is 2.93. The minimum Gasteiger partial charge on any atom is -0.383 e. The third-order valence-corrected chi connectivity index (χ3v) is 4.39. The van der Waals surface area contributed by atoms with Crippen LogP contribution in [0.3, 0.4) is 0 Å². The summed E-state index contributed by atoms with van der Waals surface area (Å²) in [6.45, 7) is 2.21. The maximum absolute atomic E-state index is 13.8. The van der Waals surface area contributed by atoms with Crippen molar-refractivity contribution in [3.63, 3.8) is 0 Å². The summed E-state index contributed by atoms with van der Waals surface area (Å²) in [6.07, 6.45) is 4.07. The molecule has 2 rings (SSSR count). The summed E-state index contributed by atoms with van der Waals surface area (Å²) in [5.74, 6) is -1.12. The lowest BCUT2D eigenvalue weighted by Gasteiger charge is -2.33. The lowest BCUT2D eigenvalue weighted by Crippen LogP contribution is -2.39. The number of carbonyl (C=O) groups excluding carboxylic acids is 1. The van der Waals surface area contributed by atoms with Crippen molar-refractivity contribution in [1.82, 2.24) is 4.90 Å². The number of carbonyl (C=O) groups is 1. The fraction of sp³-hybridized carbons (Fsp3) is 0.562. The molecule has 0 saturated heterocycles. The Morgan fingerprint density at radius 3 is 2.19 bits per heavy atom. The Morgan fingerprint density at radius 1 is 1.19 bits per heavy atom. The molecule has 0 atom stereocenters. The van der Waals surface area contributed by atoms with Gasteiger partial charge in [0.15, 0.2) is 0 Å². The molecule has 1 saturated carbocycles. The Labute approximate surface area is 124 Å². The van der Waals surface area contributed by atoms with Crippen molar-refractivity contribution in [2.45, 2.75) is 38.6 Å². The lowest BCUT2D eigenvalue weighted by atomic mass is 9.86. The average molecular weight is 296 g/mol. The molecular weight excluding hydrogens is 274 g/mol. The second-order valence-corrected chi connectivity index (χ2v) is 5.89. The number of nitrogens with one attached hydrogen (secondary N) is 1. The summed E-state index contributed by atoms with van der Waals surface area (Å²) in [5.41, 5.74) is -0.147. The van der Waals surface area contributed by atoms with Crippen LogP contribution in [0.2, 0.25) is 0 Å². The van der Waals surface area contributed by atoms with Crippen LogP contribution < -0.4 is 5.32 Å². The maximum Gasteiger partial charge on any atom is 0.254 e. The van der Waals surface area contributed by atoms with Gasteiger partial charge in [0.1, 0.15) is 17.3 Å². The predicted octanol–water partition coefficient (Wildman–Crippen LogP) is 3.66. The SMILES string of the molecule is CNc1c(F)cc(C(=O)N(C)C2CCC(C)CC2)cc1F. The van der Waals surface area contributed by atoms with Crippen molar-refractivity contribution in [1.29, 1.82) is 0 Å². The number of rotatable bonds is 3. The monoisotopic (exact) mass is 296 g/mol. The first-order valence-corrected chi connectivity index (χ1v) is 7.38.